The van der Waals surface area contributed by atoms with Gasteiger partial charge in [0.2, 0.25) is 0 Å². The van der Waals surface area contributed by atoms with Gasteiger partial charge in [0.05, 0.1) is 0 Å². The Morgan fingerprint density at radius 2 is 1.56 bits per heavy atom. The van der Waals surface area contributed by atoms with Crippen molar-refractivity contribution in [3.05, 3.63) is 52.1 Å². The van der Waals surface area contributed by atoms with E-state index >= 15 is 0 Å². The van der Waals surface area contributed by atoms with Crippen molar-refractivity contribution in [2.75, 3.05) is 0 Å². The molecule has 0 nitrogen and oxygen atoms in total. The van der Waals surface area contributed by atoms with Crippen LogP contribution in [-0.2, 0) is 0 Å². The fraction of sp³-hybridized carbons (Fsp3) is 0.444. The van der Waals surface area contributed by atoms with Crippen molar-refractivity contribution in [2.24, 2.45) is 5.92 Å². The topological polar surface area (TPSA) is 0 Å². The molecule has 0 aromatic heterocycles. The molecule has 0 heteroatoms. The molecule has 0 heterocycles. The zero-order valence-electron chi connectivity index (χ0n) is 12.5. The van der Waals surface area contributed by atoms with Crippen molar-refractivity contribution in [3.8, 4) is 0 Å². The van der Waals surface area contributed by atoms with E-state index in [4.69, 9.17) is 0 Å². The summed E-state index contributed by atoms with van der Waals surface area (Å²) in [4.78, 5) is 0. The van der Waals surface area contributed by atoms with Crippen molar-refractivity contribution in [2.45, 2.75) is 47.5 Å². The van der Waals surface area contributed by atoms with E-state index in [0.717, 1.165) is 0 Å². The largest absolute Gasteiger partial charge is 0.0629 e. The van der Waals surface area contributed by atoms with Gasteiger partial charge in [0.1, 0.15) is 0 Å². The first-order chi connectivity index (χ1) is 8.45. The second-order valence-corrected chi connectivity index (χ2v) is 5.81. The van der Waals surface area contributed by atoms with E-state index < -0.39 is 0 Å². The molecule has 1 atom stereocenters. The number of hydrogen-bond donors (Lipinski definition) is 0. The average Bonchev–Trinajstić information content (AvgIpc) is 2.54. The van der Waals surface area contributed by atoms with Crippen molar-refractivity contribution >= 4 is 5.57 Å². The van der Waals surface area contributed by atoms with Crippen LogP contribution < -0.4 is 0 Å². The Morgan fingerprint density at radius 3 is 2.06 bits per heavy atom. The molecule has 0 aliphatic heterocycles. The molecule has 1 aliphatic carbocycles. The second-order valence-electron chi connectivity index (χ2n) is 5.81. The smallest absolute Gasteiger partial charge is 0.00316 e. The van der Waals surface area contributed by atoms with Crippen molar-refractivity contribution in [3.63, 3.8) is 0 Å². The molecule has 1 aromatic rings. The highest BCUT2D eigenvalue weighted by atomic mass is 14.3. The Morgan fingerprint density at radius 1 is 0.944 bits per heavy atom. The van der Waals surface area contributed by atoms with Gasteiger partial charge in [0.15, 0.2) is 0 Å². The first-order valence-electron chi connectivity index (χ1n) is 6.93. The third-order valence-electron chi connectivity index (χ3n) is 4.51. The Balaban J connectivity index is 2.59. The van der Waals surface area contributed by atoms with E-state index in [1.807, 2.05) is 0 Å². The van der Waals surface area contributed by atoms with Crippen LogP contribution >= 0.6 is 0 Å². The molecule has 0 fully saturated rings. The standard InChI is InChI=1S/C18H24/c1-11(2)16-9-7-8-10-17(16)18-14(5)12(3)13(4)15(18)6/h7-11,14H,1-6H3. The molecular weight excluding hydrogens is 216 g/mol. The summed E-state index contributed by atoms with van der Waals surface area (Å²) in [6.07, 6.45) is 0. The lowest BCUT2D eigenvalue weighted by Gasteiger charge is -2.19. The molecule has 0 spiro atoms. The molecule has 0 bridgehead atoms. The quantitative estimate of drug-likeness (QED) is 0.634. The number of hydrogen-bond acceptors (Lipinski definition) is 0. The normalized spacial score (nSPS) is 20.3. The maximum atomic E-state index is 2.34. The molecule has 0 saturated heterocycles. The van der Waals surface area contributed by atoms with E-state index in [9.17, 15) is 0 Å². The van der Waals surface area contributed by atoms with E-state index in [-0.39, 0.29) is 0 Å². The maximum absolute atomic E-state index is 2.34. The van der Waals surface area contributed by atoms with Crippen LogP contribution in [0.4, 0.5) is 0 Å². The minimum atomic E-state index is 0.560. The summed E-state index contributed by atoms with van der Waals surface area (Å²) in [6, 6.07) is 8.88. The minimum Gasteiger partial charge on any atom is -0.0629 e. The summed E-state index contributed by atoms with van der Waals surface area (Å²) in [5.41, 5.74) is 8.95. The molecule has 1 unspecified atom stereocenters. The SMILES string of the molecule is CC1=C(C)C(C)C(c2ccccc2C(C)C)=C1C. The molecule has 18 heavy (non-hydrogen) atoms. The zero-order chi connectivity index (χ0) is 13.4. The first kappa shape index (κ1) is 13.1. The van der Waals surface area contributed by atoms with Crippen molar-refractivity contribution < 1.29 is 0 Å². The summed E-state index contributed by atoms with van der Waals surface area (Å²) in [7, 11) is 0. The van der Waals surface area contributed by atoms with Gasteiger partial charge in [-0.25, -0.2) is 0 Å². The van der Waals surface area contributed by atoms with Gasteiger partial charge >= 0.3 is 0 Å². The van der Waals surface area contributed by atoms with Crippen molar-refractivity contribution in [1.82, 2.24) is 0 Å². The summed E-state index contributed by atoms with van der Waals surface area (Å²) in [5, 5.41) is 0. The summed E-state index contributed by atoms with van der Waals surface area (Å²) in [6.45, 7) is 13.7. The highest BCUT2D eigenvalue weighted by Crippen LogP contribution is 2.44. The lowest BCUT2D eigenvalue weighted by Crippen LogP contribution is -2.02. The fourth-order valence-electron chi connectivity index (χ4n) is 3.04. The summed E-state index contributed by atoms with van der Waals surface area (Å²) in [5.74, 6) is 1.14. The fourth-order valence-corrected chi connectivity index (χ4v) is 3.04. The maximum Gasteiger partial charge on any atom is 0.00316 e. The third-order valence-corrected chi connectivity index (χ3v) is 4.51. The van der Waals surface area contributed by atoms with Gasteiger partial charge in [-0.1, -0.05) is 50.6 Å². The van der Waals surface area contributed by atoms with Crippen LogP contribution in [0.15, 0.2) is 41.0 Å². The van der Waals surface area contributed by atoms with Gasteiger partial charge in [0, 0.05) is 5.92 Å². The average molecular weight is 240 g/mol. The molecular formula is C18H24. The number of allylic oxidation sites excluding steroid dienone is 4. The van der Waals surface area contributed by atoms with Gasteiger partial charge in [0.25, 0.3) is 0 Å². The van der Waals surface area contributed by atoms with E-state index in [1.165, 1.54) is 33.4 Å². The minimum absolute atomic E-state index is 0.560. The Kier molecular flexibility index (Phi) is 3.47. The second kappa shape index (κ2) is 4.76. The van der Waals surface area contributed by atoms with E-state index in [1.54, 1.807) is 0 Å². The Hall–Kier alpha value is -1.30. The van der Waals surface area contributed by atoms with Crippen LogP contribution in [0.3, 0.4) is 0 Å². The summed E-state index contributed by atoms with van der Waals surface area (Å²) < 4.78 is 0. The first-order valence-corrected chi connectivity index (χ1v) is 6.93. The highest BCUT2D eigenvalue weighted by molar-refractivity contribution is 5.81. The molecule has 1 aromatic carbocycles. The molecule has 96 valence electrons. The Bertz CT molecular complexity index is 527. The van der Waals surface area contributed by atoms with Crippen LogP contribution in [-0.4, -0.2) is 0 Å². The molecule has 1 aliphatic rings. The van der Waals surface area contributed by atoms with Gasteiger partial charge < -0.3 is 0 Å². The molecule has 2 rings (SSSR count). The summed E-state index contributed by atoms with van der Waals surface area (Å²) >= 11 is 0. The molecule has 0 radical (unpaired) electrons. The number of benzene rings is 1. The number of rotatable bonds is 2. The van der Waals surface area contributed by atoms with Crippen molar-refractivity contribution in [1.29, 1.82) is 0 Å². The van der Waals surface area contributed by atoms with Gasteiger partial charge in [-0.3, -0.25) is 0 Å². The van der Waals surface area contributed by atoms with Gasteiger partial charge in [-0.05, 0) is 54.5 Å². The van der Waals surface area contributed by atoms with Crippen LogP contribution in [0, 0.1) is 5.92 Å². The Labute approximate surface area is 111 Å². The monoisotopic (exact) mass is 240 g/mol. The lowest BCUT2D eigenvalue weighted by molar-refractivity contribution is 0.847. The predicted octanol–water partition coefficient (Wildman–Crippen LogP) is 5.57. The lowest BCUT2D eigenvalue weighted by atomic mass is 9.86. The van der Waals surface area contributed by atoms with Gasteiger partial charge in [-0.15, -0.1) is 0 Å². The van der Waals surface area contributed by atoms with Crippen LogP contribution in [0.2, 0.25) is 0 Å². The van der Waals surface area contributed by atoms with Crippen LogP contribution in [0.25, 0.3) is 5.57 Å². The van der Waals surface area contributed by atoms with E-state index in [0.29, 0.717) is 11.8 Å². The predicted molar refractivity (Wildman–Crippen MR) is 80.7 cm³/mol. The third kappa shape index (κ3) is 1.94. The van der Waals surface area contributed by atoms with E-state index in [2.05, 4.69) is 65.8 Å². The molecule has 0 amide bonds. The van der Waals surface area contributed by atoms with Gasteiger partial charge in [-0.2, -0.15) is 0 Å². The molecule has 0 saturated carbocycles. The zero-order valence-corrected chi connectivity index (χ0v) is 12.5. The highest BCUT2D eigenvalue weighted by Gasteiger charge is 2.26. The van der Waals surface area contributed by atoms with Crippen LogP contribution in [0.1, 0.15) is 58.6 Å². The molecule has 0 N–H and O–H groups in total. The van der Waals surface area contributed by atoms with Crippen LogP contribution in [0.5, 0.6) is 0 Å².